The smallest absolute Gasteiger partial charge is 0.413 e. The minimum Gasteiger partial charge on any atom is -0.444 e. The Balaban J connectivity index is 2.45. The number of nitrogens with one attached hydrogen (secondary N) is 1. The van der Waals surface area contributed by atoms with E-state index in [2.05, 4.69) is 17.2 Å². The van der Waals surface area contributed by atoms with Gasteiger partial charge in [0.15, 0.2) is 0 Å². The Hall–Kier alpha value is -1.58. The van der Waals surface area contributed by atoms with Crippen LogP contribution in [0, 0.1) is 0 Å². The van der Waals surface area contributed by atoms with E-state index in [4.69, 9.17) is 4.74 Å². The fourth-order valence-electron chi connectivity index (χ4n) is 1.40. The Bertz CT molecular complexity index is 349. The number of hydrogen-bond donors (Lipinski definition) is 1. The van der Waals surface area contributed by atoms with Gasteiger partial charge in [0.2, 0.25) is 0 Å². The quantitative estimate of drug-likeness (QED) is 0.712. The second kappa shape index (κ2) is 3.05. The van der Waals surface area contributed by atoms with Crippen LogP contribution in [0.4, 0.5) is 10.6 Å². The molecule has 4 nitrogen and oxygen atoms in total. The molecule has 0 spiro atoms. The van der Waals surface area contributed by atoms with E-state index in [-0.39, 0.29) is 0 Å². The van der Waals surface area contributed by atoms with E-state index in [0.717, 1.165) is 12.0 Å². The lowest BCUT2D eigenvalue weighted by Gasteiger charge is -2.18. The number of anilines is 1. The summed E-state index contributed by atoms with van der Waals surface area (Å²) >= 11 is 0. The van der Waals surface area contributed by atoms with Gasteiger partial charge in [0, 0.05) is 11.8 Å². The van der Waals surface area contributed by atoms with Crippen LogP contribution in [-0.4, -0.2) is 11.1 Å². The molecule has 0 aliphatic carbocycles. The lowest BCUT2D eigenvalue weighted by Crippen LogP contribution is -2.22. The normalized spacial score (nSPS) is 14.4. The predicted molar refractivity (Wildman–Crippen MR) is 47.4 cm³/mol. The minimum atomic E-state index is -0.423. The number of aryl methyl sites for hydroxylation is 1. The van der Waals surface area contributed by atoms with E-state index in [9.17, 15) is 4.79 Å². The summed E-state index contributed by atoms with van der Waals surface area (Å²) in [6.45, 7) is 2.39. The molecule has 0 aromatic carbocycles. The Morgan fingerprint density at radius 1 is 1.69 bits per heavy atom. The molecule has 0 saturated carbocycles. The first-order chi connectivity index (χ1) is 6.31. The van der Waals surface area contributed by atoms with Crippen molar-refractivity contribution in [3.63, 3.8) is 0 Å². The van der Waals surface area contributed by atoms with Crippen LogP contribution in [-0.2, 0) is 17.8 Å². The number of cyclic esters (lactones) is 1. The van der Waals surface area contributed by atoms with Crippen LogP contribution in [0.15, 0.2) is 12.3 Å². The van der Waals surface area contributed by atoms with E-state index < -0.39 is 6.09 Å². The van der Waals surface area contributed by atoms with Gasteiger partial charge in [-0.15, -0.1) is 0 Å². The third-order valence-corrected chi connectivity index (χ3v) is 2.10. The highest BCUT2D eigenvalue weighted by atomic mass is 16.5. The van der Waals surface area contributed by atoms with Crippen molar-refractivity contribution in [2.75, 3.05) is 5.32 Å². The molecule has 1 aromatic rings. The zero-order valence-electron chi connectivity index (χ0n) is 7.33. The van der Waals surface area contributed by atoms with E-state index in [1.165, 1.54) is 5.56 Å². The molecule has 1 aliphatic heterocycles. The van der Waals surface area contributed by atoms with Gasteiger partial charge in [-0.05, 0) is 18.1 Å². The Kier molecular flexibility index (Phi) is 1.88. The summed E-state index contributed by atoms with van der Waals surface area (Å²) in [5.74, 6) is 0.635. The molecule has 0 saturated heterocycles. The first-order valence-corrected chi connectivity index (χ1v) is 4.21. The number of hydrogen-bond acceptors (Lipinski definition) is 3. The summed E-state index contributed by atoms with van der Waals surface area (Å²) in [6.07, 6.45) is 2.20. The fourth-order valence-corrected chi connectivity index (χ4v) is 1.40. The largest absolute Gasteiger partial charge is 0.444 e. The number of rotatable bonds is 1. The van der Waals surface area contributed by atoms with Crippen molar-refractivity contribution in [1.82, 2.24) is 4.98 Å². The lowest BCUT2D eigenvalue weighted by molar-refractivity contribution is 0.150. The first-order valence-electron chi connectivity index (χ1n) is 4.21. The molecular formula is C9H10N2O2. The van der Waals surface area contributed by atoms with Gasteiger partial charge < -0.3 is 4.74 Å². The molecule has 0 fully saturated rings. The van der Waals surface area contributed by atoms with E-state index in [1.54, 1.807) is 6.20 Å². The molecule has 4 heteroatoms. The van der Waals surface area contributed by atoms with Gasteiger partial charge in [0.05, 0.1) is 0 Å². The molecule has 2 rings (SSSR count). The summed E-state index contributed by atoms with van der Waals surface area (Å²) in [6, 6.07) is 1.94. The molecule has 2 heterocycles. The summed E-state index contributed by atoms with van der Waals surface area (Å²) in [7, 11) is 0. The second-order valence-electron chi connectivity index (χ2n) is 2.85. The van der Waals surface area contributed by atoms with E-state index >= 15 is 0 Å². The summed E-state index contributed by atoms with van der Waals surface area (Å²) < 4.78 is 4.86. The predicted octanol–water partition coefficient (Wildman–Crippen LogP) is 1.71. The number of nitrogens with zero attached hydrogens (tertiary/aromatic N) is 1. The maximum atomic E-state index is 10.9. The van der Waals surface area contributed by atoms with Gasteiger partial charge in [-0.25, -0.2) is 9.78 Å². The first kappa shape index (κ1) is 8.04. The van der Waals surface area contributed by atoms with Crippen molar-refractivity contribution in [3.05, 3.63) is 23.4 Å². The van der Waals surface area contributed by atoms with Crippen LogP contribution in [0.5, 0.6) is 0 Å². The van der Waals surface area contributed by atoms with Crippen LogP contribution >= 0.6 is 0 Å². The van der Waals surface area contributed by atoms with Crippen molar-refractivity contribution in [1.29, 1.82) is 0 Å². The number of fused-ring (bicyclic) bond motifs is 1. The molecule has 68 valence electrons. The number of aromatic nitrogens is 1. The molecule has 1 aliphatic rings. The molecular weight excluding hydrogens is 168 g/mol. The zero-order chi connectivity index (χ0) is 9.26. The highest BCUT2D eigenvalue weighted by molar-refractivity contribution is 5.86. The fraction of sp³-hybridized carbons (Fsp3) is 0.333. The van der Waals surface area contributed by atoms with E-state index in [1.807, 2.05) is 6.07 Å². The molecule has 1 aromatic heterocycles. The Morgan fingerprint density at radius 3 is 3.31 bits per heavy atom. The minimum absolute atomic E-state index is 0.332. The maximum Gasteiger partial charge on any atom is 0.413 e. The van der Waals surface area contributed by atoms with Crippen LogP contribution in [0.2, 0.25) is 0 Å². The molecule has 0 radical (unpaired) electrons. The van der Waals surface area contributed by atoms with Crippen LogP contribution in [0.1, 0.15) is 18.1 Å². The van der Waals surface area contributed by atoms with Crippen molar-refractivity contribution >= 4 is 11.9 Å². The molecule has 0 atom stereocenters. The van der Waals surface area contributed by atoms with Crippen LogP contribution < -0.4 is 5.32 Å². The highest BCUT2D eigenvalue weighted by Crippen LogP contribution is 2.22. The topological polar surface area (TPSA) is 51.2 Å². The monoisotopic (exact) mass is 178 g/mol. The Morgan fingerprint density at radius 2 is 2.54 bits per heavy atom. The van der Waals surface area contributed by atoms with Gasteiger partial charge in [-0.2, -0.15) is 0 Å². The van der Waals surface area contributed by atoms with Gasteiger partial charge in [0.25, 0.3) is 0 Å². The standard InChI is InChI=1S/C9H10N2O2/c1-2-6-3-4-10-8-7(6)5-13-9(12)11-8/h3-4H,2,5H2,1H3,(H,10,11,12). The van der Waals surface area contributed by atoms with Crippen LogP contribution in [0.3, 0.4) is 0 Å². The summed E-state index contributed by atoms with van der Waals surface area (Å²) in [5, 5.41) is 2.56. The second-order valence-corrected chi connectivity index (χ2v) is 2.85. The molecule has 0 bridgehead atoms. The zero-order valence-corrected chi connectivity index (χ0v) is 7.33. The average molecular weight is 178 g/mol. The number of pyridine rings is 1. The van der Waals surface area contributed by atoms with Crippen LogP contribution in [0.25, 0.3) is 0 Å². The van der Waals surface area contributed by atoms with Crippen molar-refractivity contribution < 1.29 is 9.53 Å². The lowest BCUT2D eigenvalue weighted by atomic mass is 10.1. The van der Waals surface area contributed by atoms with Gasteiger partial charge in [-0.1, -0.05) is 6.92 Å². The molecule has 13 heavy (non-hydrogen) atoms. The number of amides is 1. The number of ether oxygens (including phenoxy) is 1. The summed E-state index contributed by atoms with van der Waals surface area (Å²) in [4.78, 5) is 14.9. The third-order valence-electron chi connectivity index (χ3n) is 2.10. The number of carbonyl (C=O) groups excluding carboxylic acids is 1. The van der Waals surface area contributed by atoms with E-state index in [0.29, 0.717) is 12.4 Å². The van der Waals surface area contributed by atoms with Crippen molar-refractivity contribution in [2.24, 2.45) is 0 Å². The molecule has 1 N–H and O–H groups in total. The molecule has 0 unspecified atom stereocenters. The van der Waals surface area contributed by atoms with Crippen molar-refractivity contribution in [3.8, 4) is 0 Å². The SMILES string of the molecule is CCc1ccnc2c1COC(=O)N2. The van der Waals surface area contributed by atoms with Gasteiger partial charge >= 0.3 is 6.09 Å². The van der Waals surface area contributed by atoms with Gasteiger partial charge in [0.1, 0.15) is 12.4 Å². The Labute approximate surface area is 75.9 Å². The summed E-state index contributed by atoms with van der Waals surface area (Å²) in [5.41, 5.74) is 2.16. The van der Waals surface area contributed by atoms with Crippen molar-refractivity contribution in [2.45, 2.75) is 20.0 Å². The van der Waals surface area contributed by atoms with Gasteiger partial charge in [-0.3, -0.25) is 5.32 Å². The highest BCUT2D eigenvalue weighted by Gasteiger charge is 2.18. The maximum absolute atomic E-state index is 10.9. The third kappa shape index (κ3) is 1.35. The number of carbonyl (C=O) groups is 1. The average Bonchev–Trinajstić information content (AvgIpc) is 2.16. The molecule has 1 amide bonds.